The Hall–Kier alpha value is -1.96. The van der Waals surface area contributed by atoms with Gasteiger partial charge in [-0.15, -0.1) is 11.3 Å². The van der Waals surface area contributed by atoms with E-state index in [-0.39, 0.29) is 6.54 Å². The van der Waals surface area contributed by atoms with Gasteiger partial charge in [0.25, 0.3) is 0 Å². The number of aromatic nitrogens is 2. The van der Waals surface area contributed by atoms with Gasteiger partial charge in [-0.25, -0.2) is 13.1 Å². The summed E-state index contributed by atoms with van der Waals surface area (Å²) in [4.78, 5) is 0. The maximum absolute atomic E-state index is 12.5. The quantitative estimate of drug-likeness (QED) is 0.683. The highest BCUT2D eigenvalue weighted by Gasteiger charge is 2.18. The Balaban J connectivity index is 1.76. The van der Waals surface area contributed by atoms with E-state index in [4.69, 9.17) is 0 Å². The van der Waals surface area contributed by atoms with Crippen LogP contribution in [0.3, 0.4) is 0 Å². The third-order valence-corrected chi connectivity index (χ3v) is 6.72. The summed E-state index contributed by atoms with van der Waals surface area (Å²) in [5.74, 6) is 0. The van der Waals surface area contributed by atoms with Crippen LogP contribution in [0.4, 0.5) is 0 Å². The first-order valence-electron chi connectivity index (χ1n) is 8.15. The average Bonchev–Trinajstić information content (AvgIpc) is 3.24. The van der Waals surface area contributed by atoms with E-state index in [0.29, 0.717) is 4.21 Å². The summed E-state index contributed by atoms with van der Waals surface area (Å²) in [6, 6.07) is 11.4. The van der Waals surface area contributed by atoms with Crippen LogP contribution in [0, 0.1) is 6.92 Å². The second-order valence-electron chi connectivity index (χ2n) is 5.90. The molecule has 0 aliphatic rings. The number of nitrogens with zero attached hydrogens (tertiary/aromatic N) is 2. The lowest BCUT2D eigenvalue weighted by Gasteiger charge is -2.05. The summed E-state index contributed by atoms with van der Waals surface area (Å²) in [6.45, 7) is 5.18. The molecule has 0 saturated heterocycles. The number of hydrogen-bond acceptors (Lipinski definition) is 4. The zero-order chi connectivity index (χ0) is 17.9. The fraction of sp³-hybridized carbons (Fsp3) is 0.278. The Kier molecular flexibility index (Phi) is 5.36. The Morgan fingerprint density at radius 2 is 1.96 bits per heavy atom. The summed E-state index contributed by atoms with van der Waals surface area (Å²) in [7, 11) is -3.53. The molecule has 3 rings (SSSR count). The van der Waals surface area contributed by atoms with Crippen LogP contribution in [-0.4, -0.2) is 18.2 Å². The van der Waals surface area contributed by atoms with Gasteiger partial charge in [-0.2, -0.15) is 5.10 Å². The molecule has 132 valence electrons. The SMILES string of the molecule is CCCn1nccc1-c1csc(S(=O)(=O)NCc2ccc(C)cc2)c1. The molecule has 0 aliphatic carbocycles. The fourth-order valence-corrected chi connectivity index (χ4v) is 4.75. The molecule has 0 spiro atoms. The van der Waals surface area contributed by atoms with Gasteiger partial charge in [0.15, 0.2) is 0 Å². The minimum absolute atomic E-state index is 0.281. The molecule has 0 amide bonds. The van der Waals surface area contributed by atoms with Crippen molar-refractivity contribution in [2.75, 3.05) is 0 Å². The first-order chi connectivity index (χ1) is 12.0. The minimum Gasteiger partial charge on any atom is -0.265 e. The second kappa shape index (κ2) is 7.51. The Morgan fingerprint density at radius 3 is 2.68 bits per heavy atom. The van der Waals surface area contributed by atoms with Gasteiger partial charge in [0.05, 0.1) is 5.69 Å². The van der Waals surface area contributed by atoms with Gasteiger partial charge < -0.3 is 0 Å². The van der Waals surface area contributed by atoms with E-state index in [0.717, 1.165) is 35.3 Å². The summed E-state index contributed by atoms with van der Waals surface area (Å²) in [6.07, 6.45) is 2.72. The number of sulfonamides is 1. The summed E-state index contributed by atoms with van der Waals surface area (Å²) < 4.78 is 30.0. The molecular weight excluding hydrogens is 354 g/mol. The van der Waals surface area contributed by atoms with E-state index >= 15 is 0 Å². The fourth-order valence-electron chi connectivity index (χ4n) is 2.52. The monoisotopic (exact) mass is 375 g/mol. The largest absolute Gasteiger partial charge is 0.265 e. The van der Waals surface area contributed by atoms with Gasteiger partial charge in [0, 0.05) is 30.2 Å². The lowest BCUT2D eigenvalue weighted by atomic mass is 10.2. The summed E-state index contributed by atoms with van der Waals surface area (Å²) >= 11 is 1.23. The van der Waals surface area contributed by atoms with Gasteiger partial charge in [-0.05, 0) is 31.0 Å². The predicted octanol–water partition coefficient (Wildman–Crippen LogP) is 3.81. The molecule has 0 bridgehead atoms. The second-order valence-corrected chi connectivity index (χ2v) is 8.81. The van der Waals surface area contributed by atoms with E-state index in [2.05, 4.69) is 16.7 Å². The maximum atomic E-state index is 12.5. The lowest BCUT2D eigenvalue weighted by molar-refractivity contribution is 0.583. The molecule has 0 atom stereocenters. The van der Waals surface area contributed by atoms with Crippen LogP contribution >= 0.6 is 11.3 Å². The highest BCUT2D eigenvalue weighted by molar-refractivity contribution is 7.91. The molecule has 2 heterocycles. The van der Waals surface area contributed by atoms with E-state index < -0.39 is 10.0 Å². The van der Waals surface area contributed by atoms with E-state index in [1.807, 2.05) is 47.3 Å². The summed E-state index contributed by atoms with van der Waals surface area (Å²) in [5.41, 5.74) is 3.91. The molecule has 0 radical (unpaired) electrons. The highest BCUT2D eigenvalue weighted by Crippen LogP contribution is 2.28. The molecule has 3 aromatic rings. The van der Waals surface area contributed by atoms with Crippen LogP contribution in [0.15, 0.2) is 52.2 Å². The standard InChI is InChI=1S/C18H21N3O2S2/c1-3-10-21-17(8-9-19-21)16-11-18(24-13-16)25(22,23)20-12-15-6-4-14(2)5-7-15/h4-9,11,13,20H,3,10,12H2,1-2H3. The minimum atomic E-state index is -3.53. The average molecular weight is 376 g/mol. The Bertz CT molecular complexity index is 941. The van der Waals surface area contributed by atoms with Crippen molar-refractivity contribution < 1.29 is 8.42 Å². The van der Waals surface area contributed by atoms with E-state index in [9.17, 15) is 8.42 Å². The summed E-state index contributed by atoms with van der Waals surface area (Å²) in [5, 5.41) is 6.16. The zero-order valence-corrected chi connectivity index (χ0v) is 15.9. The molecule has 1 N–H and O–H groups in total. The zero-order valence-electron chi connectivity index (χ0n) is 14.3. The van der Waals surface area contributed by atoms with Crippen molar-refractivity contribution in [1.29, 1.82) is 0 Å². The van der Waals surface area contributed by atoms with Crippen molar-refractivity contribution in [2.45, 2.75) is 37.6 Å². The van der Waals surface area contributed by atoms with E-state index in [1.165, 1.54) is 11.3 Å². The molecule has 0 unspecified atom stereocenters. The molecule has 0 aliphatic heterocycles. The number of hydrogen-bond donors (Lipinski definition) is 1. The lowest BCUT2D eigenvalue weighted by Crippen LogP contribution is -2.22. The Morgan fingerprint density at radius 1 is 1.20 bits per heavy atom. The molecular formula is C18H21N3O2S2. The van der Waals surface area contributed by atoms with Crippen LogP contribution in [0.25, 0.3) is 11.3 Å². The van der Waals surface area contributed by atoms with Gasteiger partial charge in [-0.3, -0.25) is 4.68 Å². The van der Waals surface area contributed by atoms with Crippen LogP contribution in [0.1, 0.15) is 24.5 Å². The van der Waals surface area contributed by atoms with Crippen molar-refractivity contribution >= 4 is 21.4 Å². The van der Waals surface area contributed by atoms with Crippen LogP contribution < -0.4 is 4.72 Å². The molecule has 7 heteroatoms. The number of nitrogens with one attached hydrogen (secondary N) is 1. The van der Waals surface area contributed by atoms with Crippen molar-refractivity contribution in [1.82, 2.24) is 14.5 Å². The van der Waals surface area contributed by atoms with E-state index in [1.54, 1.807) is 12.3 Å². The van der Waals surface area contributed by atoms with Gasteiger partial charge >= 0.3 is 0 Å². The molecule has 0 fully saturated rings. The molecule has 25 heavy (non-hydrogen) atoms. The normalized spacial score (nSPS) is 11.8. The van der Waals surface area contributed by atoms with Crippen LogP contribution in [-0.2, 0) is 23.1 Å². The Labute approximate surface area is 152 Å². The number of thiophene rings is 1. The van der Waals surface area contributed by atoms with Crippen molar-refractivity contribution in [2.24, 2.45) is 0 Å². The molecule has 1 aromatic carbocycles. The third-order valence-electron chi connectivity index (χ3n) is 3.87. The van der Waals surface area contributed by atoms with Gasteiger partial charge in [-0.1, -0.05) is 36.8 Å². The maximum Gasteiger partial charge on any atom is 0.250 e. The molecule has 0 saturated carbocycles. The molecule has 5 nitrogen and oxygen atoms in total. The number of benzene rings is 1. The topological polar surface area (TPSA) is 64.0 Å². The smallest absolute Gasteiger partial charge is 0.250 e. The van der Waals surface area contributed by atoms with Crippen LogP contribution in [0.5, 0.6) is 0 Å². The van der Waals surface area contributed by atoms with Crippen molar-refractivity contribution in [3.8, 4) is 11.3 Å². The first-order valence-corrected chi connectivity index (χ1v) is 10.5. The van der Waals surface area contributed by atoms with Crippen molar-refractivity contribution in [3.63, 3.8) is 0 Å². The van der Waals surface area contributed by atoms with Crippen LogP contribution in [0.2, 0.25) is 0 Å². The highest BCUT2D eigenvalue weighted by atomic mass is 32.2. The third kappa shape index (κ3) is 4.18. The number of rotatable bonds is 7. The number of aryl methyl sites for hydroxylation is 2. The first kappa shape index (κ1) is 17.8. The predicted molar refractivity (Wildman–Crippen MR) is 101 cm³/mol. The van der Waals surface area contributed by atoms with Gasteiger partial charge in [0.2, 0.25) is 10.0 Å². The van der Waals surface area contributed by atoms with Crippen molar-refractivity contribution in [3.05, 3.63) is 59.1 Å². The van der Waals surface area contributed by atoms with Gasteiger partial charge in [0.1, 0.15) is 4.21 Å². The molecule has 2 aromatic heterocycles.